The molecule has 4 aromatic rings. The highest BCUT2D eigenvalue weighted by Crippen LogP contribution is 2.44. The minimum absolute atomic E-state index is 0.0337. The number of ketones is 1. The number of aliphatic hydroxyl groups excluding tert-OH is 1. The Morgan fingerprint density at radius 3 is 2.33 bits per heavy atom. The van der Waals surface area contributed by atoms with Gasteiger partial charge in [-0.25, -0.2) is 9.37 Å². The number of anilines is 1. The fraction of sp³-hybridized carbons (Fsp3) is 0.233. The minimum atomic E-state index is -1.06. The minimum Gasteiger partial charge on any atom is -0.507 e. The zero-order valence-electron chi connectivity index (χ0n) is 22.5. The third-order valence-electron chi connectivity index (χ3n) is 6.93. The highest BCUT2D eigenvalue weighted by Gasteiger charge is 2.48. The molecule has 0 bridgehead atoms. The lowest BCUT2D eigenvalue weighted by Crippen LogP contribution is -2.30. The fourth-order valence-corrected chi connectivity index (χ4v) is 5.05. The van der Waals surface area contributed by atoms with Crippen LogP contribution in [0.25, 0.3) is 16.8 Å². The Bertz CT molecular complexity index is 1690. The summed E-state index contributed by atoms with van der Waals surface area (Å²) >= 11 is 6.35. The number of Topliss-reactive ketones (excluding diaryl/α,β-unsaturated/α-hetero) is 1. The van der Waals surface area contributed by atoms with Gasteiger partial charge in [0, 0.05) is 6.07 Å². The molecule has 1 aliphatic heterocycles. The molecular formula is C30H27ClFN3O5. The van der Waals surface area contributed by atoms with E-state index in [9.17, 15) is 19.1 Å². The van der Waals surface area contributed by atoms with Gasteiger partial charge in [0.05, 0.1) is 47.5 Å². The Morgan fingerprint density at radius 2 is 1.70 bits per heavy atom. The van der Waals surface area contributed by atoms with Gasteiger partial charge in [-0.05, 0) is 40.8 Å². The quantitative estimate of drug-likeness (QED) is 0.168. The van der Waals surface area contributed by atoms with Crippen LogP contribution in [0.1, 0.15) is 43.5 Å². The van der Waals surface area contributed by atoms with E-state index in [2.05, 4.69) is 30.7 Å². The molecule has 1 aliphatic rings. The van der Waals surface area contributed by atoms with Gasteiger partial charge in [0.2, 0.25) is 5.95 Å². The Hall–Kier alpha value is -4.37. The van der Waals surface area contributed by atoms with Crippen molar-refractivity contribution in [2.75, 3.05) is 19.1 Å². The molecule has 1 aromatic heterocycles. The molecular weight excluding hydrogens is 537 g/mol. The van der Waals surface area contributed by atoms with Gasteiger partial charge >= 0.3 is 5.91 Å². The number of nitrogens with one attached hydrogen (secondary N) is 1. The molecule has 0 saturated carbocycles. The number of imidazole rings is 1. The van der Waals surface area contributed by atoms with Gasteiger partial charge in [-0.15, -0.1) is 0 Å². The van der Waals surface area contributed by atoms with Crippen molar-refractivity contribution in [1.29, 1.82) is 0 Å². The summed E-state index contributed by atoms with van der Waals surface area (Å²) in [5, 5.41) is 11.8. The van der Waals surface area contributed by atoms with E-state index < -0.39 is 29.3 Å². The van der Waals surface area contributed by atoms with Crippen molar-refractivity contribution in [3.63, 3.8) is 0 Å². The Balaban J connectivity index is 1.75. The van der Waals surface area contributed by atoms with Crippen molar-refractivity contribution < 1.29 is 28.6 Å². The Morgan fingerprint density at radius 1 is 1.02 bits per heavy atom. The number of aromatic nitrogens is 2. The number of aromatic amines is 1. The molecule has 1 saturated heterocycles. The molecule has 0 spiro atoms. The van der Waals surface area contributed by atoms with Gasteiger partial charge in [-0.3, -0.25) is 14.5 Å². The summed E-state index contributed by atoms with van der Waals surface area (Å²) in [5.74, 6) is -2.28. The van der Waals surface area contributed by atoms with Gasteiger partial charge < -0.3 is 19.6 Å². The first-order chi connectivity index (χ1) is 18.9. The second-order valence-electron chi connectivity index (χ2n) is 10.5. The van der Waals surface area contributed by atoms with E-state index in [4.69, 9.17) is 21.1 Å². The summed E-state index contributed by atoms with van der Waals surface area (Å²) in [5.41, 5.74) is 2.13. The first-order valence-corrected chi connectivity index (χ1v) is 12.8. The monoisotopic (exact) mass is 563 g/mol. The second-order valence-corrected chi connectivity index (χ2v) is 10.9. The van der Waals surface area contributed by atoms with Crippen molar-refractivity contribution in [3.05, 3.63) is 87.7 Å². The van der Waals surface area contributed by atoms with Crippen LogP contribution in [-0.4, -0.2) is 41.0 Å². The number of H-pyrrole nitrogens is 1. The van der Waals surface area contributed by atoms with Crippen LogP contribution in [0.15, 0.2) is 60.2 Å². The van der Waals surface area contributed by atoms with Crippen molar-refractivity contribution in [3.8, 4) is 11.5 Å². The van der Waals surface area contributed by atoms with Crippen molar-refractivity contribution >= 4 is 46.0 Å². The predicted octanol–water partition coefficient (Wildman–Crippen LogP) is 6.30. The number of nitrogens with zero attached hydrogens (tertiary/aromatic N) is 2. The average molecular weight is 564 g/mol. The highest BCUT2D eigenvalue weighted by atomic mass is 35.5. The second kappa shape index (κ2) is 9.98. The van der Waals surface area contributed by atoms with Crippen LogP contribution in [0, 0.1) is 5.82 Å². The van der Waals surface area contributed by atoms with E-state index in [-0.39, 0.29) is 33.3 Å². The summed E-state index contributed by atoms with van der Waals surface area (Å²) in [6, 6.07) is 13.2. The molecule has 1 amide bonds. The maximum atomic E-state index is 13.9. The van der Waals surface area contributed by atoms with Crippen molar-refractivity contribution in [2.45, 2.75) is 32.2 Å². The number of halogens is 2. The molecule has 40 heavy (non-hydrogen) atoms. The largest absolute Gasteiger partial charge is 0.507 e. The topological polar surface area (TPSA) is 105 Å². The smallest absolute Gasteiger partial charge is 0.302 e. The SMILES string of the molecule is COc1cc(OC)c(/C(O)=C2\C(=O)C(=O)N(c3nc4ccc(F)cc4[nH]3)C2c2ccc(C(C)(C)C)cc2)cc1Cl. The van der Waals surface area contributed by atoms with Crippen LogP contribution in [0.2, 0.25) is 5.02 Å². The Labute approximate surface area is 235 Å². The summed E-state index contributed by atoms with van der Waals surface area (Å²) in [4.78, 5) is 35.7. The zero-order valence-corrected chi connectivity index (χ0v) is 23.3. The molecule has 206 valence electrons. The number of benzene rings is 3. The lowest BCUT2D eigenvalue weighted by atomic mass is 9.85. The van der Waals surface area contributed by atoms with Crippen LogP contribution in [0.4, 0.5) is 10.3 Å². The molecule has 1 atom stereocenters. The number of hydrogen-bond acceptors (Lipinski definition) is 6. The molecule has 3 aromatic carbocycles. The normalized spacial score (nSPS) is 17.1. The highest BCUT2D eigenvalue weighted by molar-refractivity contribution is 6.51. The van der Waals surface area contributed by atoms with E-state index in [0.717, 1.165) is 5.56 Å². The van der Waals surface area contributed by atoms with Gasteiger partial charge in [0.25, 0.3) is 5.78 Å². The van der Waals surface area contributed by atoms with Gasteiger partial charge in [0.1, 0.15) is 23.1 Å². The van der Waals surface area contributed by atoms with Crippen molar-refractivity contribution in [1.82, 2.24) is 9.97 Å². The van der Waals surface area contributed by atoms with Crippen LogP contribution >= 0.6 is 11.6 Å². The van der Waals surface area contributed by atoms with Crippen LogP contribution in [0.3, 0.4) is 0 Å². The third kappa shape index (κ3) is 4.56. The number of rotatable bonds is 5. The third-order valence-corrected chi connectivity index (χ3v) is 7.22. The Kier molecular flexibility index (Phi) is 6.79. The van der Waals surface area contributed by atoms with Crippen LogP contribution in [-0.2, 0) is 15.0 Å². The standard InChI is InChI=1S/C30H27ClFN3O5/c1-30(2,3)16-8-6-15(7-9-16)25-24(26(36)18-13-19(31)23(40-5)14-22(18)39-4)27(37)28(38)35(25)29-33-20-11-10-17(32)12-21(20)34-29/h6-14,25,36H,1-5H3,(H,33,34)/b26-24+. The summed E-state index contributed by atoms with van der Waals surface area (Å²) in [7, 11) is 2.83. The molecule has 5 rings (SSSR count). The van der Waals surface area contributed by atoms with Crippen LogP contribution in [0.5, 0.6) is 11.5 Å². The van der Waals surface area contributed by atoms with E-state index in [0.29, 0.717) is 22.3 Å². The lowest BCUT2D eigenvalue weighted by Gasteiger charge is -2.25. The molecule has 0 radical (unpaired) electrons. The first-order valence-electron chi connectivity index (χ1n) is 12.4. The lowest BCUT2D eigenvalue weighted by molar-refractivity contribution is -0.132. The summed E-state index contributed by atoms with van der Waals surface area (Å²) < 4.78 is 24.6. The van der Waals surface area contributed by atoms with Crippen molar-refractivity contribution in [2.24, 2.45) is 0 Å². The number of amides is 1. The molecule has 1 unspecified atom stereocenters. The summed E-state index contributed by atoms with van der Waals surface area (Å²) in [6.07, 6.45) is 0. The van der Waals surface area contributed by atoms with Crippen LogP contribution < -0.4 is 14.4 Å². The van der Waals surface area contributed by atoms with Gasteiger partial charge in [-0.2, -0.15) is 0 Å². The average Bonchev–Trinajstić information content (AvgIpc) is 3.45. The maximum absolute atomic E-state index is 13.9. The number of ether oxygens (including phenoxy) is 2. The van der Waals surface area contributed by atoms with E-state index in [1.165, 1.54) is 49.5 Å². The molecule has 0 aliphatic carbocycles. The van der Waals surface area contributed by atoms with E-state index >= 15 is 0 Å². The predicted molar refractivity (Wildman–Crippen MR) is 151 cm³/mol. The number of methoxy groups -OCH3 is 2. The summed E-state index contributed by atoms with van der Waals surface area (Å²) in [6.45, 7) is 6.21. The molecule has 2 N–H and O–H groups in total. The van der Waals surface area contributed by atoms with E-state index in [1.807, 2.05) is 12.1 Å². The zero-order chi connectivity index (χ0) is 28.9. The maximum Gasteiger partial charge on any atom is 0.302 e. The number of carbonyl (C=O) groups excluding carboxylic acids is 2. The molecule has 8 nitrogen and oxygen atoms in total. The number of carbonyl (C=O) groups is 2. The van der Waals surface area contributed by atoms with Gasteiger partial charge in [-0.1, -0.05) is 56.6 Å². The number of hydrogen-bond donors (Lipinski definition) is 2. The first kappa shape index (κ1) is 27.2. The number of aliphatic hydroxyl groups is 1. The molecule has 1 fully saturated rings. The van der Waals surface area contributed by atoms with Gasteiger partial charge in [0.15, 0.2) is 0 Å². The number of fused-ring (bicyclic) bond motifs is 1. The fourth-order valence-electron chi connectivity index (χ4n) is 4.80. The molecule has 10 heteroatoms. The van der Waals surface area contributed by atoms with E-state index in [1.54, 1.807) is 12.1 Å². The molecule has 2 heterocycles.